The summed E-state index contributed by atoms with van der Waals surface area (Å²) in [7, 11) is 3.95. The van der Waals surface area contributed by atoms with Crippen LogP contribution in [0.3, 0.4) is 0 Å². The van der Waals surface area contributed by atoms with Gasteiger partial charge in [-0.15, -0.1) is 0 Å². The van der Waals surface area contributed by atoms with Gasteiger partial charge in [-0.3, -0.25) is 10.4 Å². The molecule has 0 saturated carbocycles. The molecule has 0 heterocycles. The van der Waals surface area contributed by atoms with Gasteiger partial charge in [0.2, 0.25) is 0 Å². The van der Waals surface area contributed by atoms with E-state index in [1.54, 1.807) is 12.6 Å². The van der Waals surface area contributed by atoms with Crippen molar-refractivity contribution in [2.45, 2.75) is 32.9 Å². The largest absolute Gasteiger partial charge is 0.359 e. The molecular weight excluding hydrogens is 202 g/mol. The number of likely N-dealkylation sites (N-methyl/N-ethyl adjacent to an activating group) is 2. The number of rotatable bonds is 7. The van der Waals surface area contributed by atoms with Crippen molar-refractivity contribution in [3.05, 3.63) is 12.8 Å². The molecule has 0 aliphatic heterocycles. The van der Waals surface area contributed by atoms with Gasteiger partial charge in [0.1, 0.15) is 6.34 Å². The second-order valence-electron chi connectivity index (χ2n) is 3.67. The van der Waals surface area contributed by atoms with Crippen LogP contribution >= 0.6 is 0 Å². The van der Waals surface area contributed by atoms with Crippen molar-refractivity contribution >= 4 is 12.6 Å². The topological polar surface area (TPSA) is 43.2 Å². The Bertz CT molecular complexity index is 249. The highest BCUT2D eigenvalue weighted by Crippen LogP contribution is 2.06. The summed E-state index contributed by atoms with van der Waals surface area (Å²) in [6.07, 6.45) is 5.06. The zero-order valence-electron chi connectivity index (χ0n) is 10.9. The van der Waals surface area contributed by atoms with Crippen LogP contribution in [0.2, 0.25) is 0 Å². The van der Waals surface area contributed by atoms with Gasteiger partial charge in [-0.1, -0.05) is 6.58 Å². The monoisotopic (exact) mass is 225 g/mol. The first-order chi connectivity index (χ1) is 7.54. The third kappa shape index (κ3) is 4.82. The van der Waals surface area contributed by atoms with Gasteiger partial charge < -0.3 is 4.90 Å². The van der Waals surface area contributed by atoms with Crippen LogP contribution in [0.25, 0.3) is 0 Å². The highest BCUT2D eigenvalue weighted by molar-refractivity contribution is 5.54. The third-order valence-corrected chi connectivity index (χ3v) is 2.63. The molecule has 0 fully saturated rings. The van der Waals surface area contributed by atoms with Crippen LogP contribution in [0.4, 0.5) is 0 Å². The van der Waals surface area contributed by atoms with Crippen molar-refractivity contribution in [2.75, 3.05) is 14.1 Å². The number of hydrogen-bond acceptors (Lipinski definition) is 4. The fourth-order valence-electron chi connectivity index (χ4n) is 1.22. The standard InChI is InChI=1S/C11H23N5/c1-7-12-13-9-15(5)10(3)11(4)16(6)14-8-2/h7-12H,1H2,2-6H3/b13-9-,14-8-/t10?,11-/m1/s1. The van der Waals surface area contributed by atoms with Gasteiger partial charge in [0.05, 0.1) is 6.04 Å². The normalized spacial score (nSPS) is 15.1. The molecule has 0 amide bonds. The number of hydrogen-bond donors (Lipinski definition) is 1. The van der Waals surface area contributed by atoms with E-state index < -0.39 is 0 Å². The Morgan fingerprint density at radius 2 is 1.88 bits per heavy atom. The van der Waals surface area contributed by atoms with E-state index >= 15 is 0 Å². The van der Waals surface area contributed by atoms with Gasteiger partial charge >= 0.3 is 0 Å². The maximum atomic E-state index is 4.23. The Hall–Kier alpha value is -1.52. The van der Waals surface area contributed by atoms with Crippen molar-refractivity contribution < 1.29 is 0 Å². The first kappa shape index (κ1) is 14.5. The first-order valence-corrected chi connectivity index (χ1v) is 5.37. The van der Waals surface area contributed by atoms with Crippen LogP contribution in [-0.4, -0.2) is 48.6 Å². The van der Waals surface area contributed by atoms with Gasteiger partial charge in [-0.25, -0.2) is 0 Å². The van der Waals surface area contributed by atoms with Crippen LogP contribution < -0.4 is 5.43 Å². The van der Waals surface area contributed by atoms with E-state index in [1.807, 2.05) is 30.9 Å². The zero-order chi connectivity index (χ0) is 12.6. The summed E-state index contributed by atoms with van der Waals surface area (Å²) in [5.74, 6) is 0. The molecule has 0 aromatic rings. The fourth-order valence-corrected chi connectivity index (χ4v) is 1.22. The first-order valence-electron chi connectivity index (χ1n) is 5.37. The highest BCUT2D eigenvalue weighted by atomic mass is 15.5. The lowest BCUT2D eigenvalue weighted by Crippen LogP contribution is -2.43. The van der Waals surface area contributed by atoms with Crippen molar-refractivity contribution in [3.63, 3.8) is 0 Å². The van der Waals surface area contributed by atoms with Gasteiger partial charge in [-0.2, -0.15) is 10.2 Å². The average molecular weight is 225 g/mol. The SMILES string of the molecule is C=CN/N=C\N(C)C(C)[C@@H](C)N(C)/N=C\C. The van der Waals surface area contributed by atoms with E-state index in [4.69, 9.17) is 0 Å². The Labute approximate surface area is 98.5 Å². The summed E-state index contributed by atoms with van der Waals surface area (Å²) < 4.78 is 0. The molecule has 16 heavy (non-hydrogen) atoms. The van der Waals surface area contributed by atoms with Gasteiger partial charge in [0, 0.05) is 32.6 Å². The minimum Gasteiger partial charge on any atom is -0.359 e. The highest BCUT2D eigenvalue weighted by Gasteiger charge is 2.18. The van der Waals surface area contributed by atoms with Crippen LogP contribution in [-0.2, 0) is 0 Å². The van der Waals surface area contributed by atoms with E-state index in [2.05, 4.69) is 36.1 Å². The van der Waals surface area contributed by atoms with Crippen molar-refractivity contribution in [1.29, 1.82) is 0 Å². The summed E-state index contributed by atoms with van der Waals surface area (Å²) in [4.78, 5) is 2.03. The molecule has 5 heteroatoms. The van der Waals surface area contributed by atoms with E-state index in [0.29, 0.717) is 12.1 Å². The summed E-state index contributed by atoms with van der Waals surface area (Å²) >= 11 is 0. The minimum atomic E-state index is 0.302. The van der Waals surface area contributed by atoms with Gasteiger partial charge in [-0.05, 0) is 20.8 Å². The molecule has 0 bridgehead atoms. The molecule has 0 radical (unpaired) electrons. The Morgan fingerprint density at radius 3 is 2.38 bits per heavy atom. The molecule has 0 aliphatic rings. The second kappa shape index (κ2) is 7.73. The summed E-state index contributed by atoms with van der Waals surface area (Å²) in [5.41, 5.74) is 2.68. The average Bonchev–Trinajstić information content (AvgIpc) is 2.27. The predicted octanol–water partition coefficient (Wildman–Crippen LogP) is 1.31. The lowest BCUT2D eigenvalue weighted by Gasteiger charge is -2.32. The van der Waals surface area contributed by atoms with E-state index in [1.165, 1.54) is 6.20 Å². The summed E-state index contributed by atoms with van der Waals surface area (Å²) in [5, 5.41) is 10.1. The zero-order valence-corrected chi connectivity index (χ0v) is 10.9. The van der Waals surface area contributed by atoms with E-state index in [9.17, 15) is 0 Å². The van der Waals surface area contributed by atoms with Crippen LogP contribution in [0, 0.1) is 0 Å². The molecule has 0 spiro atoms. The molecule has 0 rings (SSSR count). The molecule has 1 unspecified atom stereocenters. The lowest BCUT2D eigenvalue weighted by molar-refractivity contribution is 0.184. The number of hydrazone groups is 2. The summed E-state index contributed by atoms with van der Waals surface area (Å²) in [6.45, 7) is 9.69. The molecule has 0 aromatic carbocycles. The van der Waals surface area contributed by atoms with E-state index in [0.717, 1.165) is 0 Å². The number of nitrogens with zero attached hydrogens (tertiary/aromatic N) is 4. The minimum absolute atomic E-state index is 0.302. The third-order valence-electron chi connectivity index (χ3n) is 2.63. The van der Waals surface area contributed by atoms with Crippen LogP contribution in [0.1, 0.15) is 20.8 Å². The maximum Gasteiger partial charge on any atom is 0.111 e. The summed E-state index contributed by atoms with van der Waals surface area (Å²) in [6, 6.07) is 0.612. The molecule has 2 atom stereocenters. The second-order valence-corrected chi connectivity index (χ2v) is 3.67. The molecule has 0 aliphatic carbocycles. The molecule has 0 aromatic heterocycles. The Morgan fingerprint density at radius 1 is 1.25 bits per heavy atom. The van der Waals surface area contributed by atoms with Crippen LogP contribution in [0.5, 0.6) is 0 Å². The maximum absolute atomic E-state index is 4.23. The van der Waals surface area contributed by atoms with Gasteiger partial charge in [0.15, 0.2) is 0 Å². The Kier molecular flexibility index (Phi) is 7.00. The van der Waals surface area contributed by atoms with Crippen molar-refractivity contribution in [2.24, 2.45) is 10.2 Å². The van der Waals surface area contributed by atoms with Crippen LogP contribution in [0.15, 0.2) is 23.0 Å². The van der Waals surface area contributed by atoms with Gasteiger partial charge in [0.25, 0.3) is 0 Å². The van der Waals surface area contributed by atoms with Crippen molar-refractivity contribution in [3.8, 4) is 0 Å². The number of nitrogens with one attached hydrogen (secondary N) is 1. The molecule has 1 N–H and O–H groups in total. The lowest BCUT2D eigenvalue weighted by atomic mass is 10.1. The quantitative estimate of drug-likeness (QED) is 0.403. The molecule has 0 saturated heterocycles. The van der Waals surface area contributed by atoms with Crippen molar-refractivity contribution in [1.82, 2.24) is 15.3 Å². The molecule has 92 valence electrons. The Balaban J connectivity index is 4.30. The smallest absolute Gasteiger partial charge is 0.111 e. The predicted molar refractivity (Wildman–Crippen MR) is 70.4 cm³/mol. The fraction of sp³-hybridized carbons (Fsp3) is 0.636. The van der Waals surface area contributed by atoms with E-state index in [-0.39, 0.29) is 0 Å². The molecular formula is C11H23N5. The molecule has 5 nitrogen and oxygen atoms in total.